The molecular weight excluding hydrogens is 234 g/mol. The van der Waals surface area contributed by atoms with Crippen molar-refractivity contribution in [2.24, 2.45) is 11.8 Å². The summed E-state index contributed by atoms with van der Waals surface area (Å²) in [5, 5.41) is 0. The van der Waals surface area contributed by atoms with Crippen LogP contribution >= 0.6 is 0 Å². The molecule has 1 aliphatic heterocycles. The van der Waals surface area contributed by atoms with Gasteiger partial charge in [0.2, 0.25) is 0 Å². The van der Waals surface area contributed by atoms with Gasteiger partial charge in [0.05, 0.1) is 0 Å². The van der Waals surface area contributed by atoms with E-state index >= 15 is 0 Å². The molecular formula is C17H23NO. The third-order valence-electron chi connectivity index (χ3n) is 5.02. The van der Waals surface area contributed by atoms with Gasteiger partial charge in [-0.15, -0.1) is 0 Å². The average Bonchev–Trinajstić information content (AvgIpc) is 2.85. The van der Waals surface area contributed by atoms with Crippen molar-refractivity contribution in [3.05, 3.63) is 34.9 Å². The zero-order chi connectivity index (χ0) is 13.4. The summed E-state index contributed by atoms with van der Waals surface area (Å²) in [6.07, 6.45) is 5.35. The Kier molecular flexibility index (Phi) is 3.34. The second-order valence-corrected chi connectivity index (χ2v) is 6.31. The minimum atomic E-state index is 0.234. The van der Waals surface area contributed by atoms with E-state index in [4.69, 9.17) is 0 Å². The molecule has 0 radical (unpaired) electrons. The molecule has 2 unspecified atom stereocenters. The Balaban J connectivity index is 1.75. The summed E-state index contributed by atoms with van der Waals surface area (Å²) in [4.78, 5) is 14.7. The SMILES string of the molecule is Cc1ccc(C(=O)N2CC3CCCCC3C2)cc1C. The van der Waals surface area contributed by atoms with Crippen molar-refractivity contribution in [3.63, 3.8) is 0 Å². The number of amides is 1. The molecule has 1 saturated carbocycles. The zero-order valence-corrected chi connectivity index (χ0v) is 12.0. The molecule has 0 aromatic heterocycles. The Labute approximate surface area is 115 Å². The number of hydrogen-bond donors (Lipinski definition) is 0. The molecule has 3 rings (SSSR count). The Morgan fingerprint density at radius 2 is 1.68 bits per heavy atom. The highest BCUT2D eigenvalue weighted by Crippen LogP contribution is 2.36. The number of likely N-dealkylation sites (tertiary alicyclic amines) is 1. The van der Waals surface area contributed by atoms with E-state index in [-0.39, 0.29) is 5.91 Å². The van der Waals surface area contributed by atoms with Crippen LogP contribution < -0.4 is 0 Å². The number of carbonyl (C=O) groups excluding carboxylic acids is 1. The van der Waals surface area contributed by atoms with Gasteiger partial charge in [0, 0.05) is 18.7 Å². The zero-order valence-electron chi connectivity index (χ0n) is 12.0. The number of fused-ring (bicyclic) bond motifs is 1. The monoisotopic (exact) mass is 257 g/mol. The molecule has 1 aromatic carbocycles. The Morgan fingerprint density at radius 3 is 2.26 bits per heavy atom. The Bertz CT molecular complexity index is 480. The first kappa shape index (κ1) is 12.7. The summed E-state index contributed by atoms with van der Waals surface area (Å²) >= 11 is 0. The van der Waals surface area contributed by atoms with Crippen LogP contribution in [0.2, 0.25) is 0 Å². The van der Waals surface area contributed by atoms with E-state index < -0.39 is 0 Å². The predicted octanol–water partition coefficient (Wildman–Crippen LogP) is 3.57. The smallest absolute Gasteiger partial charge is 0.253 e. The van der Waals surface area contributed by atoms with E-state index in [1.54, 1.807) is 0 Å². The first-order chi connectivity index (χ1) is 9.15. The molecule has 2 nitrogen and oxygen atoms in total. The van der Waals surface area contributed by atoms with Crippen LogP contribution in [0.1, 0.15) is 47.2 Å². The van der Waals surface area contributed by atoms with Crippen LogP contribution in [0, 0.1) is 25.7 Å². The van der Waals surface area contributed by atoms with Crippen LogP contribution in [0.4, 0.5) is 0 Å². The van der Waals surface area contributed by atoms with Crippen molar-refractivity contribution in [1.82, 2.24) is 4.90 Å². The van der Waals surface area contributed by atoms with Gasteiger partial charge in [-0.05, 0) is 61.8 Å². The number of rotatable bonds is 1. The predicted molar refractivity (Wildman–Crippen MR) is 77.3 cm³/mol. The van der Waals surface area contributed by atoms with Gasteiger partial charge in [-0.25, -0.2) is 0 Å². The molecule has 102 valence electrons. The van der Waals surface area contributed by atoms with E-state index in [1.165, 1.54) is 36.8 Å². The van der Waals surface area contributed by atoms with Gasteiger partial charge in [-0.2, -0.15) is 0 Å². The van der Waals surface area contributed by atoms with Crippen molar-refractivity contribution in [2.75, 3.05) is 13.1 Å². The maximum absolute atomic E-state index is 12.6. The van der Waals surface area contributed by atoms with E-state index in [9.17, 15) is 4.79 Å². The molecule has 1 aliphatic carbocycles. The summed E-state index contributed by atoms with van der Waals surface area (Å²) < 4.78 is 0. The van der Waals surface area contributed by atoms with Gasteiger partial charge < -0.3 is 4.90 Å². The number of hydrogen-bond acceptors (Lipinski definition) is 1. The van der Waals surface area contributed by atoms with Crippen LogP contribution in [0.3, 0.4) is 0 Å². The van der Waals surface area contributed by atoms with Crippen LogP contribution in [0.15, 0.2) is 18.2 Å². The molecule has 2 atom stereocenters. The lowest BCUT2D eigenvalue weighted by Crippen LogP contribution is -2.29. The quantitative estimate of drug-likeness (QED) is 0.753. The van der Waals surface area contributed by atoms with Crippen LogP contribution in [0.25, 0.3) is 0 Å². The largest absolute Gasteiger partial charge is 0.338 e. The number of aryl methyl sites for hydroxylation is 2. The molecule has 1 aromatic rings. The normalized spacial score (nSPS) is 26.3. The number of nitrogens with zero attached hydrogens (tertiary/aromatic N) is 1. The summed E-state index contributed by atoms with van der Waals surface area (Å²) in [5.74, 6) is 1.77. The van der Waals surface area contributed by atoms with Gasteiger partial charge in [0.15, 0.2) is 0 Å². The minimum absolute atomic E-state index is 0.234. The van der Waals surface area contributed by atoms with Gasteiger partial charge in [-0.1, -0.05) is 18.9 Å². The fourth-order valence-corrected chi connectivity index (χ4v) is 3.63. The number of carbonyl (C=O) groups is 1. The van der Waals surface area contributed by atoms with E-state index in [0.717, 1.165) is 30.5 Å². The van der Waals surface area contributed by atoms with E-state index in [1.807, 2.05) is 12.1 Å². The van der Waals surface area contributed by atoms with Crippen molar-refractivity contribution in [2.45, 2.75) is 39.5 Å². The molecule has 1 saturated heterocycles. The highest BCUT2D eigenvalue weighted by Gasteiger charge is 2.36. The highest BCUT2D eigenvalue weighted by molar-refractivity contribution is 5.94. The Hall–Kier alpha value is -1.31. The number of benzene rings is 1. The third-order valence-corrected chi connectivity index (χ3v) is 5.02. The maximum atomic E-state index is 12.6. The molecule has 1 heterocycles. The fraction of sp³-hybridized carbons (Fsp3) is 0.588. The highest BCUT2D eigenvalue weighted by atomic mass is 16.2. The topological polar surface area (TPSA) is 20.3 Å². The van der Waals surface area contributed by atoms with E-state index in [0.29, 0.717) is 0 Å². The molecule has 2 heteroatoms. The summed E-state index contributed by atoms with van der Waals surface area (Å²) in [7, 11) is 0. The van der Waals surface area contributed by atoms with Crippen LogP contribution in [-0.2, 0) is 0 Å². The molecule has 19 heavy (non-hydrogen) atoms. The van der Waals surface area contributed by atoms with Crippen molar-refractivity contribution >= 4 is 5.91 Å². The van der Waals surface area contributed by atoms with Crippen molar-refractivity contribution < 1.29 is 4.79 Å². The summed E-state index contributed by atoms with van der Waals surface area (Å²) in [6.45, 7) is 6.14. The summed E-state index contributed by atoms with van der Waals surface area (Å²) in [6, 6.07) is 6.08. The molecule has 0 spiro atoms. The molecule has 1 amide bonds. The first-order valence-corrected chi connectivity index (χ1v) is 7.51. The Morgan fingerprint density at radius 1 is 1.05 bits per heavy atom. The lowest BCUT2D eigenvalue weighted by atomic mass is 9.82. The fourth-order valence-electron chi connectivity index (χ4n) is 3.63. The second kappa shape index (κ2) is 4.99. The minimum Gasteiger partial charge on any atom is -0.338 e. The lowest BCUT2D eigenvalue weighted by molar-refractivity contribution is 0.0784. The third kappa shape index (κ3) is 2.41. The molecule has 2 fully saturated rings. The van der Waals surface area contributed by atoms with Crippen LogP contribution in [-0.4, -0.2) is 23.9 Å². The average molecular weight is 257 g/mol. The molecule has 0 N–H and O–H groups in total. The molecule has 0 bridgehead atoms. The first-order valence-electron chi connectivity index (χ1n) is 7.51. The van der Waals surface area contributed by atoms with Gasteiger partial charge in [-0.3, -0.25) is 4.79 Å². The maximum Gasteiger partial charge on any atom is 0.253 e. The van der Waals surface area contributed by atoms with Gasteiger partial charge in [0.25, 0.3) is 5.91 Å². The van der Waals surface area contributed by atoms with Crippen molar-refractivity contribution in [1.29, 1.82) is 0 Å². The summed E-state index contributed by atoms with van der Waals surface area (Å²) in [5.41, 5.74) is 3.33. The van der Waals surface area contributed by atoms with E-state index in [2.05, 4.69) is 24.8 Å². The van der Waals surface area contributed by atoms with Crippen LogP contribution in [0.5, 0.6) is 0 Å². The van der Waals surface area contributed by atoms with Gasteiger partial charge >= 0.3 is 0 Å². The lowest BCUT2D eigenvalue weighted by Gasteiger charge is -2.22. The molecule has 2 aliphatic rings. The van der Waals surface area contributed by atoms with Gasteiger partial charge in [0.1, 0.15) is 0 Å². The second-order valence-electron chi connectivity index (χ2n) is 6.31. The standard InChI is InChI=1S/C17H23NO/c1-12-7-8-14(9-13(12)2)17(19)18-10-15-5-3-4-6-16(15)11-18/h7-9,15-16H,3-6,10-11H2,1-2H3. The van der Waals surface area contributed by atoms with Crippen molar-refractivity contribution in [3.8, 4) is 0 Å².